The van der Waals surface area contributed by atoms with Crippen LogP contribution in [0.4, 0.5) is 0 Å². The number of methoxy groups -OCH3 is 3. The minimum absolute atomic E-state index is 0.205. The Morgan fingerprint density at radius 1 is 1.25 bits per heavy atom. The first-order valence-electron chi connectivity index (χ1n) is 6.44. The van der Waals surface area contributed by atoms with Crippen molar-refractivity contribution in [3.8, 4) is 11.5 Å². The predicted molar refractivity (Wildman–Crippen MR) is 77.2 cm³/mol. The number of esters is 1. The molecule has 0 fully saturated rings. The Morgan fingerprint density at radius 3 is 2.30 bits per heavy atom. The van der Waals surface area contributed by atoms with Crippen molar-refractivity contribution in [3.05, 3.63) is 23.8 Å². The van der Waals surface area contributed by atoms with E-state index in [1.54, 1.807) is 14.2 Å². The van der Waals surface area contributed by atoms with E-state index in [1.165, 1.54) is 7.11 Å². The normalized spacial score (nSPS) is 15.1. The summed E-state index contributed by atoms with van der Waals surface area (Å²) in [4.78, 5) is 11.6. The third-order valence-corrected chi connectivity index (χ3v) is 3.79. The maximum Gasteiger partial charge on any atom is 0.306 e. The van der Waals surface area contributed by atoms with Crippen molar-refractivity contribution in [2.75, 3.05) is 21.3 Å². The Kier molecular flexibility index (Phi) is 5.39. The van der Waals surface area contributed by atoms with Crippen LogP contribution in [-0.2, 0) is 14.9 Å². The molecule has 0 spiro atoms. The second-order valence-corrected chi connectivity index (χ2v) is 5.03. The quantitative estimate of drug-likeness (QED) is 0.806. The highest BCUT2D eigenvalue weighted by atomic mass is 16.5. The molecule has 5 heteroatoms. The van der Waals surface area contributed by atoms with E-state index in [0.29, 0.717) is 11.5 Å². The summed E-state index contributed by atoms with van der Waals surface area (Å²) in [5, 5.41) is 0. The number of hydrogen-bond donors (Lipinski definition) is 1. The van der Waals surface area contributed by atoms with Crippen LogP contribution in [0.2, 0.25) is 0 Å². The van der Waals surface area contributed by atoms with Crippen molar-refractivity contribution in [3.63, 3.8) is 0 Å². The number of rotatable bonds is 6. The lowest BCUT2D eigenvalue weighted by molar-refractivity contribution is -0.142. The van der Waals surface area contributed by atoms with E-state index in [-0.39, 0.29) is 18.4 Å². The van der Waals surface area contributed by atoms with Crippen molar-refractivity contribution in [1.82, 2.24) is 0 Å². The fourth-order valence-electron chi connectivity index (χ4n) is 2.09. The summed E-state index contributed by atoms with van der Waals surface area (Å²) in [6.45, 7) is 3.81. The van der Waals surface area contributed by atoms with Gasteiger partial charge in [0, 0.05) is 11.5 Å². The van der Waals surface area contributed by atoms with Gasteiger partial charge in [0.25, 0.3) is 0 Å². The van der Waals surface area contributed by atoms with E-state index in [1.807, 2.05) is 32.0 Å². The van der Waals surface area contributed by atoms with Gasteiger partial charge in [-0.3, -0.25) is 4.79 Å². The first-order valence-corrected chi connectivity index (χ1v) is 6.44. The summed E-state index contributed by atoms with van der Waals surface area (Å²) < 4.78 is 15.3. The number of hydrogen-bond acceptors (Lipinski definition) is 5. The molecule has 0 saturated heterocycles. The number of nitrogens with two attached hydrogens (primary N) is 1. The lowest BCUT2D eigenvalue weighted by Gasteiger charge is -2.33. The van der Waals surface area contributed by atoms with Gasteiger partial charge in [0.05, 0.1) is 27.8 Å². The molecule has 20 heavy (non-hydrogen) atoms. The van der Waals surface area contributed by atoms with Crippen molar-refractivity contribution in [1.29, 1.82) is 0 Å². The smallest absolute Gasteiger partial charge is 0.306 e. The Hall–Kier alpha value is -1.75. The molecule has 0 radical (unpaired) electrons. The van der Waals surface area contributed by atoms with Crippen LogP contribution < -0.4 is 15.2 Å². The summed E-state index contributed by atoms with van der Waals surface area (Å²) >= 11 is 0. The Balaban J connectivity index is 3.24. The van der Waals surface area contributed by atoms with E-state index in [9.17, 15) is 4.79 Å². The molecule has 0 aliphatic carbocycles. The molecule has 2 N–H and O–H groups in total. The third-order valence-electron chi connectivity index (χ3n) is 3.79. The molecule has 112 valence electrons. The average Bonchev–Trinajstić information content (AvgIpc) is 2.45. The molecule has 1 aromatic carbocycles. The van der Waals surface area contributed by atoms with Gasteiger partial charge in [-0.05, 0) is 24.6 Å². The average molecular weight is 281 g/mol. The van der Waals surface area contributed by atoms with Gasteiger partial charge >= 0.3 is 5.97 Å². The largest absolute Gasteiger partial charge is 0.493 e. The number of benzene rings is 1. The Labute approximate surface area is 120 Å². The van der Waals surface area contributed by atoms with Gasteiger partial charge in [-0.2, -0.15) is 0 Å². The topological polar surface area (TPSA) is 70.8 Å². The van der Waals surface area contributed by atoms with Crippen LogP contribution in [0.15, 0.2) is 18.2 Å². The molecular formula is C15H23NO4. The SMILES string of the molecule is COC(=O)CC(C)(c1ccc(OC)c(OC)c1)C(C)N. The van der Waals surface area contributed by atoms with Crippen molar-refractivity contribution < 1.29 is 19.0 Å². The van der Waals surface area contributed by atoms with Crippen LogP contribution in [-0.4, -0.2) is 33.3 Å². The molecule has 0 aliphatic heterocycles. The fourth-order valence-corrected chi connectivity index (χ4v) is 2.09. The van der Waals surface area contributed by atoms with Crippen LogP contribution in [0.25, 0.3) is 0 Å². The predicted octanol–water partition coefficient (Wildman–Crippen LogP) is 1.87. The zero-order valence-electron chi connectivity index (χ0n) is 12.7. The first kappa shape index (κ1) is 16.3. The van der Waals surface area contributed by atoms with Crippen molar-refractivity contribution >= 4 is 5.97 Å². The fraction of sp³-hybridized carbons (Fsp3) is 0.533. The van der Waals surface area contributed by atoms with Gasteiger partial charge in [0.1, 0.15) is 0 Å². The van der Waals surface area contributed by atoms with Crippen LogP contribution >= 0.6 is 0 Å². The molecule has 0 amide bonds. The number of ether oxygens (including phenoxy) is 3. The molecule has 0 aliphatic rings. The molecule has 5 nitrogen and oxygen atoms in total. The molecule has 2 unspecified atom stereocenters. The van der Waals surface area contributed by atoms with Crippen molar-refractivity contribution in [2.45, 2.75) is 31.7 Å². The third kappa shape index (κ3) is 3.22. The first-order chi connectivity index (χ1) is 9.38. The zero-order chi connectivity index (χ0) is 15.3. The summed E-state index contributed by atoms with van der Waals surface area (Å²) in [6, 6.07) is 5.34. The van der Waals surface area contributed by atoms with E-state index >= 15 is 0 Å². The Bertz CT molecular complexity index is 473. The highest BCUT2D eigenvalue weighted by Gasteiger charge is 2.34. The lowest BCUT2D eigenvalue weighted by atomic mass is 9.74. The molecule has 1 aromatic rings. The highest BCUT2D eigenvalue weighted by Crippen LogP contribution is 2.36. The van der Waals surface area contributed by atoms with Crippen LogP contribution in [0.5, 0.6) is 11.5 Å². The van der Waals surface area contributed by atoms with Gasteiger partial charge < -0.3 is 19.9 Å². The van der Waals surface area contributed by atoms with Gasteiger partial charge in [0.15, 0.2) is 11.5 Å². The highest BCUT2D eigenvalue weighted by molar-refractivity contribution is 5.71. The van der Waals surface area contributed by atoms with Gasteiger partial charge in [-0.1, -0.05) is 13.0 Å². The summed E-state index contributed by atoms with van der Waals surface area (Å²) in [5.74, 6) is 0.961. The van der Waals surface area contributed by atoms with Crippen LogP contribution in [0.1, 0.15) is 25.8 Å². The molecule has 0 heterocycles. The maximum absolute atomic E-state index is 11.6. The maximum atomic E-state index is 11.6. The molecule has 0 aromatic heterocycles. The van der Waals surface area contributed by atoms with E-state index in [4.69, 9.17) is 19.9 Å². The summed E-state index contributed by atoms with van der Waals surface area (Å²) in [7, 11) is 4.53. The zero-order valence-corrected chi connectivity index (χ0v) is 12.7. The van der Waals surface area contributed by atoms with Gasteiger partial charge in [-0.25, -0.2) is 0 Å². The molecule has 0 saturated carbocycles. The van der Waals surface area contributed by atoms with Crippen LogP contribution in [0.3, 0.4) is 0 Å². The number of carbonyl (C=O) groups is 1. The minimum atomic E-state index is -0.535. The van der Waals surface area contributed by atoms with E-state index in [2.05, 4.69) is 0 Å². The summed E-state index contributed by atoms with van der Waals surface area (Å²) in [6.07, 6.45) is 0.205. The van der Waals surface area contributed by atoms with E-state index < -0.39 is 5.41 Å². The standard InChI is InChI=1S/C15H23NO4/c1-10(16)15(2,9-14(17)20-5)11-6-7-12(18-3)13(8-11)19-4/h6-8,10H,9,16H2,1-5H3. The molecule has 2 atom stereocenters. The molecule has 1 rings (SSSR count). The number of carbonyl (C=O) groups excluding carboxylic acids is 1. The Morgan fingerprint density at radius 2 is 1.85 bits per heavy atom. The van der Waals surface area contributed by atoms with Gasteiger partial charge in [-0.15, -0.1) is 0 Å². The second kappa shape index (κ2) is 6.61. The van der Waals surface area contributed by atoms with Crippen molar-refractivity contribution in [2.24, 2.45) is 5.73 Å². The monoisotopic (exact) mass is 281 g/mol. The van der Waals surface area contributed by atoms with Gasteiger partial charge in [0.2, 0.25) is 0 Å². The van der Waals surface area contributed by atoms with Crippen LogP contribution in [0, 0.1) is 0 Å². The summed E-state index contributed by atoms with van der Waals surface area (Å²) in [5.41, 5.74) is 6.47. The van der Waals surface area contributed by atoms with E-state index in [0.717, 1.165) is 5.56 Å². The minimum Gasteiger partial charge on any atom is -0.493 e. The lowest BCUT2D eigenvalue weighted by Crippen LogP contribution is -2.42. The molecular weight excluding hydrogens is 258 g/mol. The molecule has 0 bridgehead atoms. The second-order valence-electron chi connectivity index (χ2n) is 5.03.